The van der Waals surface area contributed by atoms with Gasteiger partial charge in [0.05, 0.1) is 26.4 Å². The van der Waals surface area contributed by atoms with Crippen LogP contribution in [0.25, 0.3) is 0 Å². The molecule has 0 bridgehead atoms. The average Bonchev–Trinajstić information content (AvgIpc) is 3.63. The van der Waals surface area contributed by atoms with Crippen LogP contribution < -0.4 is 0 Å². The van der Waals surface area contributed by atoms with Crippen molar-refractivity contribution in [1.82, 2.24) is 0 Å². The van der Waals surface area contributed by atoms with Crippen LogP contribution in [0.5, 0.6) is 0 Å². The molecule has 0 rings (SSSR count). The first-order chi connectivity index (χ1) is 45.5. The molecular weight excluding hydrogens is 1230 g/mol. The van der Waals surface area contributed by atoms with Crippen molar-refractivity contribution in [3.8, 4) is 0 Å². The summed E-state index contributed by atoms with van der Waals surface area (Å²) in [5, 5.41) is 10.6. The number of hydrogen-bond acceptors (Lipinski definition) is 15. The number of hydrogen-bond donors (Lipinski definition) is 3. The van der Waals surface area contributed by atoms with Crippen LogP contribution in [0.4, 0.5) is 0 Å². The maximum absolute atomic E-state index is 13.1. The van der Waals surface area contributed by atoms with Crippen LogP contribution in [-0.4, -0.2) is 96.7 Å². The van der Waals surface area contributed by atoms with Crippen LogP contribution in [-0.2, 0) is 65.4 Å². The molecule has 0 heterocycles. The highest BCUT2D eigenvalue weighted by atomic mass is 31.2. The number of phosphoric ester groups is 2. The van der Waals surface area contributed by atoms with E-state index < -0.39 is 97.5 Å². The van der Waals surface area contributed by atoms with Gasteiger partial charge in [0, 0.05) is 25.7 Å². The minimum atomic E-state index is -4.96. The molecule has 2 unspecified atom stereocenters. The van der Waals surface area contributed by atoms with E-state index in [-0.39, 0.29) is 25.7 Å². The summed E-state index contributed by atoms with van der Waals surface area (Å²) in [6, 6.07) is 0. The third kappa shape index (κ3) is 68.6. The maximum Gasteiger partial charge on any atom is 0.472 e. The molecule has 0 aromatic heterocycles. The summed E-state index contributed by atoms with van der Waals surface area (Å²) in [5.74, 6) is -1.32. The van der Waals surface area contributed by atoms with Gasteiger partial charge in [-0.1, -0.05) is 343 Å². The molecule has 0 aliphatic heterocycles. The lowest BCUT2D eigenvalue weighted by Gasteiger charge is -2.21. The Hall–Kier alpha value is -1.94. The summed E-state index contributed by atoms with van der Waals surface area (Å²) < 4.78 is 68.5. The first kappa shape index (κ1) is 92.1. The van der Waals surface area contributed by atoms with E-state index in [4.69, 9.17) is 37.0 Å². The summed E-state index contributed by atoms with van der Waals surface area (Å²) >= 11 is 0. The highest BCUT2D eigenvalue weighted by Gasteiger charge is 2.30. The fraction of sp³-hybridized carbons (Fsp3) is 0.947. The zero-order chi connectivity index (χ0) is 69.1. The Labute approximate surface area is 575 Å². The second kappa shape index (κ2) is 68.2. The number of unbranched alkanes of at least 4 members (excludes halogenated alkanes) is 47. The molecule has 0 aromatic rings. The molecule has 0 aromatic carbocycles. The third-order valence-corrected chi connectivity index (χ3v) is 19.4. The SMILES string of the molecule is CCCCCCCCCCCCCCCCCC(=O)OC[C@H](COP(=O)(O)OC[C@@H](O)COP(=O)(O)OC[C@@H](COC(=O)CCCCCCCCCCCC)OC(=O)CCCCCCCCCCCCCC)OC(=O)CCCCCCCCCCCCCCCCC(C)C. The van der Waals surface area contributed by atoms with Crippen LogP contribution >= 0.6 is 15.6 Å². The van der Waals surface area contributed by atoms with Crippen molar-refractivity contribution < 1.29 is 80.2 Å². The largest absolute Gasteiger partial charge is 0.472 e. The van der Waals surface area contributed by atoms with Gasteiger partial charge < -0.3 is 33.8 Å². The summed E-state index contributed by atoms with van der Waals surface area (Å²) in [4.78, 5) is 72.8. The van der Waals surface area contributed by atoms with Crippen molar-refractivity contribution in [2.75, 3.05) is 39.6 Å². The zero-order valence-corrected chi connectivity index (χ0v) is 62.9. The van der Waals surface area contributed by atoms with E-state index >= 15 is 0 Å². The van der Waals surface area contributed by atoms with E-state index in [1.54, 1.807) is 0 Å². The Morgan fingerprint density at radius 1 is 0.287 bits per heavy atom. The highest BCUT2D eigenvalue weighted by Crippen LogP contribution is 2.45. The normalized spacial score (nSPS) is 14.0. The Morgan fingerprint density at radius 2 is 0.489 bits per heavy atom. The number of rotatable bonds is 75. The fourth-order valence-electron chi connectivity index (χ4n) is 11.5. The lowest BCUT2D eigenvalue weighted by atomic mass is 10.0. The Morgan fingerprint density at radius 3 is 0.723 bits per heavy atom. The molecule has 19 heteroatoms. The molecule has 0 saturated heterocycles. The molecule has 0 spiro atoms. The molecule has 0 fully saturated rings. The number of esters is 4. The highest BCUT2D eigenvalue weighted by molar-refractivity contribution is 7.47. The van der Waals surface area contributed by atoms with Gasteiger partial charge in [0.2, 0.25) is 0 Å². The number of carbonyl (C=O) groups excluding carboxylic acids is 4. The van der Waals surface area contributed by atoms with Crippen LogP contribution in [0.15, 0.2) is 0 Å². The van der Waals surface area contributed by atoms with Crippen LogP contribution in [0.2, 0.25) is 0 Å². The van der Waals surface area contributed by atoms with E-state index in [0.717, 1.165) is 95.8 Å². The number of phosphoric acid groups is 2. The summed E-state index contributed by atoms with van der Waals surface area (Å²) in [7, 11) is -9.91. The van der Waals surface area contributed by atoms with Gasteiger partial charge in [-0.25, -0.2) is 9.13 Å². The van der Waals surface area contributed by atoms with Gasteiger partial charge in [-0.2, -0.15) is 0 Å². The monoisotopic (exact) mass is 1380 g/mol. The van der Waals surface area contributed by atoms with Gasteiger partial charge in [-0.3, -0.25) is 37.3 Å². The van der Waals surface area contributed by atoms with Crippen molar-refractivity contribution in [2.45, 2.75) is 412 Å². The molecule has 0 amide bonds. The summed E-state index contributed by atoms with van der Waals surface area (Å²) in [6.07, 6.45) is 56.7. The number of aliphatic hydroxyl groups excluding tert-OH is 1. The van der Waals surface area contributed by atoms with Gasteiger partial charge in [0.15, 0.2) is 12.2 Å². The van der Waals surface area contributed by atoms with Crippen molar-refractivity contribution in [3.05, 3.63) is 0 Å². The number of aliphatic hydroxyl groups is 1. The first-order valence-corrected chi connectivity index (χ1v) is 42.1. The number of carbonyl (C=O) groups is 4. The van der Waals surface area contributed by atoms with Crippen LogP contribution in [0.3, 0.4) is 0 Å². The van der Waals surface area contributed by atoms with Gasteiger partial charge in [0.1, 0.15) is 19.3 Å². The molecule has 3 N–H and O–H groups in total. The van der Waals surface area contributed by atoms with Gasteiger partial charge in [0.25, 0.3) is 0 Å². The fourth-order valence-corrected chi connectivity index (χ4v) is 13.1. The zero-order valence-electron chi connectivity index (χ0n) is 61.1. The van der Waals surface area contributed by atoms with E-state index in [1.165, 1.54) is 218 Å². The summed E-state index contributed by atoms with van der Waals surface area (Å²) in [5.41, 5.74) is 0. The second-order valence-corrected chi connectivity index (χ2v) is 30.4. The second-order valence-electron chi connectivity index (χ2n) is 27.5. The predicted octanol–water partition coefficient (Wildman–Crippen LogP) is 22.1. The molecule has 0 saturated carbocycles. The first-order valence-electron chi connectivity index (χ1n) is 39.1. The minimum absolute atomic E-state index is 0.108. The Kier molecular flexibility index (Phi) is 66.8. The van der Waals surface area contributed by atoms with Crippen LogP contribution in [0.1, 0.15) is 394 Å². The predicted molar refractivity (Wildman–Crippen MR) is 382 cm³/mol. The van der Waals surface area contributed by atoms with Gasteiger partial charge >= 0.3 is 39.5 Å². The minimum Gasteiger partial charge on any atom is -0.462 e. The molecule has 94 heavy (non-hydrogen) atoms. The third-order valence-electron chi connectivity index (χ3n) is 17.5. The van der Waals surface area contributed by atoms with E-state index in [1.807, 2.05) is 0 Å². The van der Waals surface area contributed by atoms with Gasteiger partial charge in [-0.15, -0.1) is 0 Å². The van der Waals surface area contributed by atoms with E-state index in [9.17, 15) is 43.2 Å². The molecule has 0 radical (unpaired) electrons. The maximum atomic E-state index is 13.1. The Balaban J connectivity index is 5.24. The quantitative estimate of drug-likeness (QED) is 0.0222. The van der Waals surface area contributed by atoms with Crippen molar-refractivity contribution in [1.29, 1.82) is 0 Å². The molecule has 5 atom stereocenters. The molecule has 0 aliphatic carbocycles. The topological polar surface area (TPSA) is 237 Å². The van der Waals surface area contributed by atoms with E-state index in [2.05, 4.69) is 34.6 Å². The van der Waals surface area contributed by atoms with E-state index in [0.29, 0.717) is 25.7 Å². The summed E-state index contributed by atoms with van der Waals surface area (Å²) in [6.45, 7) is 7.31. The lowest BCUT2D eigenvalue weighted by molar-refractivity contribution is -0.161. The molecule has 0 aliphatic rings. The average molecular weight is 1380 g/mol. The van der Waals surface area contributed by atoms with Crippen molar-refractivity contribution >= 4 is 39.5 Å². The van der Waals surface area contributed by atoms with Crippen molar-refractivity contribution in [3.63, 3.8) is 0 Å². The van der Waals surface area contributed by atoms with Gasteiger partial charge in [-0.05, 0) is 31.6 Å². The smallest absolute Gasteiger partial charge is 0.462 e. The Bertz CT molecular complexity index is 1810. The number of ether oxygens (including phenoxy) is 4. The van der Waals surface area contributed by atoms with Crippen LogP contribution in [0, 0.1) is 5.92 Å². The standard InChI is InChI=1S/C75H146O17P2/c1-6-9-12-15-18-21-24-26-27-31-35-39-44-49-54-59-73(78)86-65-71(92-75(80)61-56-51-46-41-36-32-29-28-30-33-37-42-47-52-57-68(4)5)67-90-94(83,84)88-63-69(76)62-87-93(81,82)89-66-70(64-85-72(77)58-53-48-43-38-23-20-17-14-11-8-3)91-74(79)60-55-50-45-40-34-25-22-19-16-13-10-7-2/h68-71,76H,6-67H2,1-5H3,(H,81,82)(H,83,84)/t69-,70+,71+/m0/s1. The lowest BCUT2D eigenvalue weighted by Crippen LogP contribution is -2.30. The molecule has 17 nitrogen and oxygen atoms in total. The molecular formula is C75H146O17P2. The van der Waals surface area contributed by atoms with Crippen molar-refractivity contribution in [2.24, 2.45) is 5.92 Å². The molecule has 558 valence electrons.